The van der Waals surface area contributed by atoms with Gasteiger partial charge in [0.1, 0.15) is 6.42 Å². The Morgan fingerprint density at radius 1 is 1.25 bits per heavy atom. The highest BCUT2D eigenvalue weighted by atomic mass is 16.2. The molecule has 0 aromatic rings. The van der Waals surface area contributed by atoms with Crippen LogP contribution < -0.4 is 10.6 Å². The molecule has 0 aromatic heterocycles. The number of nitrogens with one attached hydrogen (secondary N) is 2. The molecule has 0 heterocycles. The normalized spacial score (nSPS) is 18.1. The van der Waals surface area contributed by atoms with Crippen molar-refractivity contribution in [2.75, 3.05) is 0 Å². The molecule has 4 nitrogen and oxygen atoms in total. The highest BCUT2D eigenvalue weighted by Gasteiger charge is 2.18. The van der Waals surface area contributed by atoms with Crippen molar-refractivity contribution in [1.82, 2.24) is 10.6 Å². The van der Waals surface area contributed by atoms with Crippen LogP contribution in [0.5, 0.6) is 0 Å². The van der Waals surface area contributed by atoms with E-state index < -0.39 is 0 Å². The Balaban J connectivity index is 2.19. The number of carbonyl (C=O) groups excluding carboxylic acids is 2. The summed E-state index contributed by atoms with van der Waals surface area (Å²) in [5.41, 5.74) is 0. The number of rotatable bonds is 5. The monoisotopic (exact) mass is 226 g/mol. The molecule has 1 atom stereocenters. The van der Waals surface area contributed by atoms with Crippen molar-refractivity contribution in [3.63, 3.8) is 0 Å². The lowest BCUT2D eigenvalue weighted by atomic mass is 10.2. The van der Waals surface area contributed by atoms with E-state index in [1.54, 1.807) is 0 Å². The molecule has 92 valence electrons. The summed E-state index contributed by atoms with van der Waals surface area (Å²) < 4.78 is 0. The molecule has 0 aromatic carbocycles. The van der Waals surface area contributed by atoms with Crippen LogP contribution in [0.15, 0.2) is 0 Å². The van der Waals surface area contributed by atoms with Gasteiger partial charge < -0.3 is 10.6 Å². The van der Waals surface area contributed by atoms with Crippen LogP contribution in [0.4, 0.5) is 0 Å². The Hall–Kier alpha value is -1.06. The molecule has 1 aliphatic carbocycles. The summed E-state index contributed by atoms with van der Waals surface area (Å²) in [5, 5.41) is 5.69. The smallest absolute Gasteiger partial charge is 0.229 e. The molecule has 2 N–H and O–H groups in total. The van der Waals surface area contributed by atoms with Crippen LogP contribution in [0, 0.1) is 0 Å². The first-order chi connectivity index (χ1) is 7.61. The van der Waals surface area contributed by atoms with Gasteiger partial charge in [0.2, 0.25) is 11.8 Å². The van der Waals surface area contributed by atoms with Crippen molar-refractivity contribution in [1.29, 1.82) is 0 Å². The molecule has 1 unspecified atom stereocenters. The minimum atomic E-state index is -0.176. The zero-order valence-electron chi connectivity index (χ0n) is 10.2. The van der Waals surface area contributed by atoms with Gasteiger partial charge in [0.25, 0.3) is 0 Å². The van der Waals surface area contributed by atoms with Gasteiger partial charge in [0.15, 0.2) is 0 Å². The van der Waals surface area contributed by atoms with Crippen molar-refractivity contribution in [3.05, 3.63) is 0 Å². The molecule has 1 rings (SSSR count). The van der Waals surface area contributed by atoms with Gasteiger partial charge in [-0.2, -0.15) is 0 Å². The van der Waals surface area contributed by atoms with Gasteiger partial charge in [-0.25, -0.2) is 0 Å². The quantitative estimate of drug-likeness (QED) is 0.695. The maximum absolute atomic E-state index is 11.5. The molecule has 0 radical (unpaired) electrons. The molecule has 1 saturated carbocycles. The second-order valence-electron chi connectivity index (χ2n) is 4.60. The minimum absolute atomic E-state index is 0.0408. The van der Waals surface area contributed by atoms with Crippen LogP contribution in [-0.4, -0.2) is 23.9 Å². The number of hydrogen-bond acceptors (Lipinski definition) is 2. The predicted octanol–water partition coefficient (Wildman–Crippen LogP) is 1.35. The summed E-state index contributed by atoms with van der Waals surface area (Å²) in [7, 11) is 0. The molecular formula is C12H22N2O2. The summed E-state index contributed by atoms with van der Waals surface area (Å²) >= 11 is 0. The van der Waals surface area contributed by atoms with Crippen LogP contribution in [0.3, 0.4) is 0 Å². The van der Waals surface area contributed by atoms with Gasteiger partial charge in [-0.15, -0.1) is 0 Å². The van der Waals surface area contributed by atoms with E-state index in [9.17, 15) is 9.59 Å². The lowest BCUT2D eigenvalue weighted by molar-refractivity contribution is -0.129. The zero-order chi connectivity index (χ0) is 12.0. The third kappa shape index (κ3) is 4.64. The minimum Gasteiger partial charge on any atom is -0.353 e. The molecular weight excluding hydrogens is 204 g/mol. The zero-order valence-corrected chi connectivity index (χ0v) is 10.2. The van der Waals surface area contributed by atoms with Crippen molar-refractivity contribution in [2.45, 2.75) is 64.5 Å². The number of hydrogen-bond donors (Lipinski definition) is 2. The van der Waals surface area contributed by atoms with E-state index >= 15 is 0 Å². The Bertz CT molecular complexity index is 247. The summed E-state index contributed by atoms with van der Waals surface area (Å²) in [6, 6.07) is 0.440. The van der Waals surface area contributed by atoms with E-state index in [2.05, 4.69) is 10.6 Å². The van der Waals surface area contributed by atoms with Crippen LogP contribution in [0.1, 0.15) is 52.4 Å². The van der Waals surface area contributed by atoms with E-state index in [1.165, 1.54) is 12.8 Å². The lowest BCUT2D eigenvalue weighted by Gasteiger charge is -2.13. The fraction of sp³-hybridized carbons (Fsp3) is 0.833. The first-order valence-electron chi connectivity index (χ1n) is 6.20. The van der Waals surface area contributed by atoms with Crippen LogP contribution in [0.2, 0.25) is 0 Å². The average Bonchev–Trinajstić information content (AvgIpc) is 2.69. The summed E-state index contributed by atoms with van der Waals surface area (Å²) in [6.07, 6.45) is 5.32. The molecule has 0 saturated heterocycles. The molecule has 16 heavy (non-hydrogen) atoms. The Morgan fingerprint density at radius 3 is 2.44 bits per heavy atom. The molecule has 0 aliphatic heterocycles. The molecule has 1 fully saturated rings. The summed E-state index contributed by atoms with van der Waals surface area (Å²) in [6.45, 7) is 3.94. The van der Waals surface area contributed by atoms with Gasteiger partial charge in [0.05, 0.1) is 0 Å². The lowest BCUT2D eigenvalue weighted by Crippen LogP contribution is -2.39. The van der Waals surface area contributed by atoms with E-state index in [0.29, 0.717) is 6.04 Å². The molecule has 1 aliphatic rings. The standard InChI is InChI=1S/C12H22N2O2/c1-3-9(2)13-11(15)8-12(16)14-10-6-4-5-7-10/h9-10H,3-8H2,1-2H3,(H,13,15)(H,14,16). The second kappa shape index (κ2) is 6.51. The second-order valence-corrected chi connectivity index (χ2v) is 4.60. The van der Waals surface area contributed by atoms with Gasteiger partial charge in [-0.05, 0) is 26.2 Å². The first-order valence-corrected chi connectivity index (χ1v) is 6.20. The first kappa shape index (κ1) is 13.0. The highest BCUT2D eigenvalue weighted by Crippen LogP contribution is 2.17. The van der Waals surface area contributed by atoms with Crippen LogP contribution in [-0.2, 0) is 9.59 Å². The Morgan fingerprint density at radius 2 is 1.88 bits per heavy atom. The number of carbonyl (C=O) groups is 2. The third-order valence-electron chi connectivity index (χ3n) is 3.06. The third-order valence-corrected chi connectivity index (χ3v) is 3.06. The van der Waals surface area contributed by atoms with Gasteiger partial charge in [0, 0.05) is 12.1 Å². The maximum atomic E-state index is 11.5. The van der Waals surface area contributed by atoms with Crippen molar-refractivity contribution in [2.24, 2.45) is 0 Å². The van der Waals surface area contributed by atoms with E-state index in [4.69, 9.17) is 0 Å². The SMILES string of the molecule is CCC(C)NC(=O)CC(=O)NC1CCCC1. The average molecular weight is 226 g/mol. The van der Waals surface area contributed by atoms with Gasteiger partial charge >= 0.3 is 0 Å². The summed E-state index contributed by atoms with van der Waals surface area (Å²) in [5.74, 6) is -0.322. The fourth-order valence-corrected chi connectivity index (χ4v) is 1.92. The largest absolute Gasteiger partial charge is 0.353 e. The van der Waals surface area contributed by atoms with Gasteiger partial charge in [-0.1, -0.05) is 19.8 Å². The van der Waals surface area contributed by atoms with E-state index in [1.807, 2.05) is 13.8 Å². The van der Waals surface area contributed by atoms with Gasteiger partial charge in [-0.3, -0.25) is 9.59 Å². The maximum Gasteiger partial charge on any atom is 0.229 e. The Labute approximate surface area is 97.2 Å². The Kier molecular flexibility index (Phi) is 5.29. The van der Waals surface area contributed by atoms with Crippen molar-refractivity contribution in [3.8, 4) is 0 Å². The molecule has 0 spiro atoms. The molecule has 4 heteroatoms. The van der Waals surface area contributed by atoms with E-state index in [0.717, 1.165) is 19.3 Å². The van der Waals surface area contributed by atoms with Crippen LogP contribution in [0.25, 0.3) is 0 Å². The number of amides is 2. The fourth-order valence-electron chi connectivity index (χ4n) is 1.92. The molecule has 2 amide bonds. The van der Waals surface area contributed by atoms with Crippen LogP contribution >= 0.6 is 0 Å². The molecule has 0 bridgehead atoms. The van der Waals surface area contributed by atoms with Crippen molar-refractivity contribution >= 4 is 11.8 Å². The van der Waals surface area contributed by atoms with E-state index in [-0.39, 0.29) is 24.3 Å². The predicted molar refractivity (Wildman–Crippen MR) is 62.9 cm³/mol. The topological polar surface area (TPSA) is 58.2 Å². The highest BCUT2D eigenvalue weighted by molar-refractivity contribution is 5.97. The van der Waals surface area contributed by atoms with Crippen molar-refractivity contribution < 1.29 is 9.59 Å². The summed E-state index contributed by atoms with van der Waals surface area (Å²) in [4.78, 5) is 22.9.